The summed E-state index contributed by atoms with van der Waals surface area (Å²) in [6.45, 7) is 4.93. The minimum absolute atomic E-state index is 0.0412. The lowest BCUT2D eigenvalue weighted by atomic mass is 10.2. The number of carbonyl (C=O) groups is 2. The topological polar surface area (TPSA) is 52.7 Å². The van der Waals surface area contributed by atoms with E-state index in [1.54, 1.807) is 28.4 Å². The summed E-state index contributed by atoms with van der Waals surface area (Å²) in [4.78, 5) is 30.4. The van der Waals surface area contributed by atoms with Gasteiger partial charge >= 0.3 is 6.03 Å². The van der Waals surface area contributed by atoms with Crippen molar-refractivity contribution in [3.05, 3.63) is 99.7 Å². The number of hydrogen-bond acceptors (Lipinski definition) is 3. The lowest BCUT2D eigenvalue weighted by molar-refractivity contribution is -0.132. The molecule has 3 rings (SSSR count). The van der Waals surface area contributed by atoms with Gasteiger partial charge < -0.3 is 15.1 Å². The van der Waals surface area contributed by atoms with E-state index in [2.05, 4.69) is 27.8 Å². The molecule has 0 aliphatic heterocycles. The van der Waals surface area contributed by atoms with Crippen molar-refractivity contribution in [2.45, 2.75) is 13.1 Å². The van der Waals surface area contributed by atoms with Crippen LogP contribution in [-0.2, 0) is 17.9 Å². The van der Waals surface area contributed by atoms with Gasteiger partial charge in [-0.15, -0.1) is 17.9 Å². The van der Waals surface area contributed by atoms with Crippen molar-refractivity contribution in [1.29, 1.82) is 0 Å². The highest BCUT2D eigenvalue weighted by Gasteiger charge is 2.22. The average molecular weight is 498 g/mol. The third-order valence-electron chi connectivity index (χ3n) is 4.57. The Morgan fingerprint density at radius 3 is 2.39 bits per heavy atom. The Labute approximate surface area is 195 Å². The van der Waals surface area contributed by atoms with Crippen LogP contribution >= 0.6 is 27.3 Å². The first-order valence-electron chi connectivity index (χ1n) is 9.82. The van der Waals surface area contributed by atoms with E-state index in [0.29, 0.717) is 18.8 Å². The van der Waals surface area contributed by atoms with Gasteiger partial charge in [-0.25, -0.2) is 4.79 Å². The molecule has 0 unspecified atom stereocenters. The van der Waals surface area contributed by atoms with E-state index in [4.69, 9.17) is 0 Å². The van der Waals surface area contributed by atoms with Crippen LogP contribution in [0, 0.1) is 0 Å². The van der Waals surface area contributed by atoms with Crippen molar-refractivity contribution >= 4 is 44.9 Å². The number of nitrogens with one attached hydrogen (secondary N) is 1. The highest BCUT2D eigenvalue weighted by atomic mass is 79.9. The van der Waals surface area contributed by atoms with Crippen LogP contribution in [0.3, 0.4) is 0 Å². The lowest BCUT2D eigenvalue weighted by Crippen LogP contribution is -2.44. The summed E-state index contributed by atoms with van der Waals surface area (Å²) >= 11 is 5.04. The van der Waals surface area contributed by atoms with Gasteiger partial charge in [0.15, 0.2) is 0 Å². The molecule has 0 spiro atoms. The van der Waals surface area contributed by atoms with Crippen LogP contribution < -0.4 is 5.32 Å². The molecule has 0 bridgehead atoms. The van der Waals surface area contributed by atoms with E-state index in [0.717, 1.165) is 14.9 Å². The maximum absolute atomic E-state index is 13.2. The summed E-state index contributed by atoms with van der Waals surface area (Å²) < 4.78 is 0.775. The SMILES string of the molecule is C=CCN(CC(=O)N(Cc1ccccc1)Cc1cccs1)C(=O)Nc1ccccc1Br. The molecule has 0 aliphatic rings. The molecular formula is C24H24BrN3O2S. The van der Waals surface area contributed by atoms with Gasteiger partial charge in [0.05, 0.1) is 12.2 Å². The van der Waals surface area contributed by atoms with Gasteiger partial charge in [-0.2, -0.15) is 0 Å². The molecule has 3 amide bonds. The molecular weight excluding hydrogens is 474 g/mol. The molecule has 2 aromatic carbocycles. The number of rotatable bonds is 9. The van der Waals surface area contributed by atoms with Crippen LogP contribution in [0.25, 0.3) is 0 Å². The van der Waals surface area contributed by atoms with Crippen molar-refractivity contribution in [2.24, 2.45) is 0 Å². The molecule has 0 fully saturated rings. The average Bonchev–Trinajstić information content (AvgIpc) is 3.28. The van der Waals surface area contributed by atoms with Gasteiger partial charge in [-0.05, 0) is 45.1 Å². The Balaban J connectivity index is 1.73. The summed E-state index contributed by atoms with van der Waals surface area (Å²) in [6.07, 6.45) is 1.62. The zero-order valence-corrected chi connectivity index (χ0v) is 19.4. The fraction of sp³-hybridized carbons (Fsp3) is 0.167. The zero-order valence-electron chi connectivity index (χ0n) is 17.0. The normalized spacial score (nSPS) is 10.4. The number of hydrogen-bond donors (Lipinski definition) is 1. The zero-order chi connectivity index (χ0) is 22.1. The molecule has 1 aromatic heterocycles. The fourth-order valence-electron chi connectivity index (χ4n) is 3.02. The van der Waals surface area contributed by atoms with Crippen molar-refractivity contribution in [2.75, 3.05) is 18.4 Å². The highest BCUT2D eigenvalue weighted by Crippen LogP contribution is 2.22. The highest BCUT2D eigenvalue weighted by molar-refractivity contribution is 9.10. The molecule has 1 heterocycles. The lowest BCUT2D eigenvalue weighted by Gasteiger charge is -2.27. The first kappa shape index (κ1) is 22.8. The van der Waals surface area contributed by atoms with Crippen LogP contribution in [0.4, 0.5) is 10.5 Å². The maximum atomic E-state index is 13.2. The second-order valence-electron chi connectivity index (χ2n) is 6.89. The number of anilines is 1. The Bertz CT molecular complexity index is 1010. The molecule has 0 saturated heterocycles. The van der Waals surface area contributed by atoms with E-state index in [-0.39, 0.29) is 25.0 Å². The quantitative estimate of drug-likeness (QED) is 0.382. The van der Waals surface area contributed by atoms with Crippen LogP contribution in [-0.4, -0.2) is 34.8 Å². The first-order chi connectivity index (χ1) is 15.1. The summed E-state index contributed by atoms with van der Waals surface area (Å²) in [5, 5.41) is 4.85. The maximum Gasteiger partial charge on any atom is 0.322 e. The second kappa shape index (κ2) is 11.5. The third-order valence-corrected chi connectivity index (χ3v) is 6.13. The van der Waals surface area contributed by atoms with E-state index in [9.17, 15) is 9.59 Å². The Morgan fingerprint density at radius 1 is 0.968 bits per heavy atom. The summed E-state index contributed by atoms with van der Waals surface area (Å²) in [5.41, 5.74) is 1.69. The molecule has 5 nitrogen and oxygen atoms in total. The van der Waals surface area contributed by atoms with Crippen LogP contribution in [0.15, 0.2) is 89.2 Å². The number of thiophene rings is 1. The largest absolute Gasteiger partial charge is 0.332 e. The van der Waals surface area contributed by atoms with Gasteiger partial charge in [0, 0.05) is 22.4 Å². The molecule has 7 heteroatoms. The minimum Gasteiger partial charge on any atom is -0.332 e. The minimum atomic E-state index is -0.351. The smallest absolute Gasteiger partial charge is 0.322 e. The Kier molecular flexibility index (Phi) is 8.44. The van der Waals surface area contributed by atoms with Crippen LogP contribution in [0.1, 0.15) is 10.4 Å². The third kappa shape index (κ3) is 6.80. The van der Waals surface area contributed by atoms with E-state index in [1.165, 1.54) is 4.90 Å². The Hall–Kier alpha value is -2.90. The number of halogens is 1. The van der Waals surface area contributed by atoms with Crippen molar-refractivity contribution in [3.8, 4) is 0 Å². The summed E-state index contributed by atoms with van der Waals surface area (Å²) in [5.74, 6) is -0.124. The Morgan fingerprint density at radius 2 is 1.71 bits per heavy atom. The molecule has 0 aliphatic carbocycles. The van der Waals surface area contributed by atoms with Gasteiger partial charge in [-0.3, -0.25) is 4.79 Å². The van der Waals surface area contributed by atoms with Gasteiger partial charge in [0.25, 0.3) is 0 Å². The standard InChI is InChI=1S/C24H24BrN3O2S/c1-2-14-27(24(30)26-22-13-7-6-12-21(22)25)18-23(29)28(17-20-11-8-15-31-20)16-19-9-4-3-5-10-19/h2-13,15H,1,14,16-18H2,(H,26,30). The molecule has 1 N–H and O–H groups in total. The fourth-order valence-corrected chi connectivity index (χ4v) is 4.13. The number of urea groups is 1. The monoisotopic (exact) mass is 497 g/mol. The summed E-state index contributed by atoms with van der Waals surface area (Å²) in [7, 11) is 0. The van der Waals surface area contributed by atoms with Crippen LogP contribution in [0.5, 0.6) is 0 Å². The number of amides is 3. The molecule has 0 saturated carbocycles. The number of para-hydroxylation sites is 1. The number of carbonyl (C=O) groups excluding carboxylic acids is 2. The van der Waals surface area contributed by atoms with Crippen molar-refractivity contribution < 1.29 is 9.59 Å². The predicted octanol–water partition coefficient (Wildman–Crippen LogP) is 5.76. The molecule has 31 heavy (non-hydrogen) atoms. The van der Waals surface area contributed by atoms with E-state index in [1.807, 2.05) is 66.0 Å². The second-order valence-corrected chi connectivity index (χ2v) is 8.78. The molecule has 160 valence electrons. The summed E-state index contributed by atoms with van der Waals surface area (Å²) in [6, 6.07) is 20.8. The van der Waals surface area contributed by atoms with Gasteiger partial charge in [0.2, 0.25) is 5.91 Å². The van der Waals surface area contributed by atoms with Gasteiger partial charge in [-0.1, -0.05) is 54.6 Å². The van der Waals surface area contributed by atoms with Crippen LogP contribution in [0.2, 0.25) is 0 Å². The van der Waals surface area contributed by atoms with E-state index >= 15 is 0 Å². The van der Waals surface area contributed by atoms with E-state index < -0.39 is 0 Å². The van der Waals surface area contributed by atoms with Gasteiger partial charge in [0.1, 0.15) is 6.54 Å². The molecule has 0 atom stereocenters. The predicted molar refractivity (Wildman–Crippen MR) is 130 cm³/mol. The molecule has 0 radical (unpaired) electrons. The number of benzene rings is 2. The molecule has 3 aromatic rings. The first-order valence-corrected chi connectivity index (χ1v) is 11.5. The number of nitrogens with zero attached hydrogens (tertiary/aromatic N) is 2. The van der Waals surface area contributed by atoms with Crippen molar-refractivity contribution in [1.82, 2.24) is 9.80 Å². The van der Waals surface area contributed by atoms with Crippen molar-refractivity contribution in [3.63, 3.8) is 0 Å².